The first-order chi connectivity index (χ1) is 10.3. The van der Waals surface area contributed by atoms with Crippen molar-refractivity contribution in [3.63, 3.8) is 0 Å². The minimum Gasteiger partial charge on any atom is -0.399 e. The van der Waals surface area contributed by atoms with Gasteiger partial charge in [0.1, 0.15) is 0 Å². The Balaban J connectivity index is 0.00000106. The van der Waals surface area contributed by atoms with Gasteiger partial charge in [0.25, 0.3) is 0 Å². The van der Waals surface area contributed by atoms with Crippen LogP contribution in [-0.2, 0) is 6.42 Å². The summed E-state index contributed by atoms with van der Waals surface area (Å²) in [5.41, 5.74) is 8.62. The standard InChI is InChI=1S/C16H20N2O.C2H6/c17-15-8-6-13(7-9-15)10-11-18-12-16(19)14-4-2-1-3-5-14;1-2/h1-9,16,18-19H,10-12,17H2;1-2H3/t16-;/m0./s1. The smallest absolute Gasteiger partial charge is 0.0914 e. The minimum atomic E-state index is -0.451. The zero-order valence-electron chi connectivity index (χ0n) is 12.9. The summed E-state index contributed by atoms with van der Waals surface area (Å²) in [6, 6.07) is 17.6. The Hall–Kier alpha value is -1.84. The number of nitrogens with two attached hydrogens (primary N) is 1. The highest BCUT2D eigenvalue weighted by atomic mass is 16.3. The van der Waals surface area contributed by atoms with Crippen molar-refractivity contribution in [3.05, 3.63) is 65.7 Å². The van der Waals surface area contributed by atoms with Crippen molar-refractivity contribution < 1.29 is 5.11 Å². The molecule has 3 nitrogen and oxygen atoms in total. The van der Waals surface area contributed by atoms with Crippen LogP contribution in [0, 0.1) is 0 Å². The first-order valence-corrected chi connectivity index (χ1v) is 7.54. The number of hydrogen-bond acceptors (Lipinski definition) is 3. The Labute approximate surface area is 127 Å². The van der Waals surface area contributed by atoms with Gasteiger partial charge in [0.05, 0.1) is 6.10 Å². The molecule has 114 valence electrons. The van der Waals surface area contributed by atoms with Gasteiger partial charge in [-0.25, -0.2) is 0 Å². The summed E-state index contributed by atoms with van der Waals surface area (Å²) < 4.78 is 0. The van der Waals surface area contributed by atoms with E-state index in [4.69, 9.17) is 5.73 Å². The van der Waals surface area contributed by atoms with Crippen molar-refractivity contribution in [2.45, 2.75) is 26.4 Å². The lowest BCUT2D eigenvalue weighted by Gasteiger charge is -2.12. The molecule has 2 aromatic rings. The van der Waals surface area contributed by atoms with Gasteiger partial charge in [0, 0.05) is 12.2 Å². The second-order valence-electron chi connectivity index (χ2n) is 4.62. The highest BCUT2D eigenvalue weighted by Crippen LogP contribution is 2.10. The third kappa shape index (κ3) is 6.43. The number of benzene rings is 2. The Morgan fingerprint density at radius 1 is 1.00 bits per heavy atom. The summed E-state index contributed by atoms with van der Waals surface area (Å²) in [7, 11) is 0. The molecular weight excluding hydrogens is 260 g/mol. The fourth-order valence-electron chi connectivity index (χ4n) is 1.95. The van der Waals surface area contributed by atoms with Gasteiger partial charge in [0.15, 0.2) is 0 Å². The van der Waals surface area contributed by atoms with Gasteiger partial charge in [-0.15, -0.1) is 0 Å². The minimum absolute atomic E-state index is 0.451. The van der Waals surface area contributed by atoms with Gasteiger partial charge in [-0.3, -0.25) is 0 Å². The lowest BCUT2D eigenvalue weighted by Crippen LogP contribution is -2.23. The molecule has 0 aliphatic heterocycles. The van der Waals surface area contributed by atoms with E-state index in [1.807, 2.05) is 68.4 Å². The van der Waals surface area contributed by atoms with E-state index < -0.39 is 6.10 Å². The number of anilines is 1. The van der Waals surface area contributed by atoms with E-state index >= 15 is 0 Å². The molecule has 0 fully saturated rings. The summed E-state index contributed by atoms with van der Waals surface area (Å²) in [5.74, 6) is 0. The number of nitrogens with one attached hydrogen (secondary N) is 1. The molecule has 0 unspecified atom stereocenters. The second-order valence-corrected chi connectivity index (χ2v) is 4.62. The van der Waals surface area contributed by atoms with E-state index in [0.29, 0.717) is 6.54 Å². The molecule has 0 radical (unpaired) electrons. The van der Waals surface area contributed by atoms with Crippen LogP contribution in [0.25, 0.3) is 0 Å². The molecule has 0 heterocycles. The third-order valence-corrected chi connectivity index (χ3v) is 3.09. The fourth-order valence-corrected chi connectivity index (χ4v) is 1.95. The Kier molecular flexibility index (Phi) is 8.17. The number of aliphatic hydroxyl groups is 1. The number of hydrogen-bond donors (Lipinski definition) is 3. The summed E-state index contributed by atoms with van der Waals surface area (Å²) in [5, 5.41) is 13.2. The van der Waals surface area contributed by atoms with Gasteiger partial charge in [0.2, 0.25) is 0 Å². The first kappa shape index (κ1) is 17.2. The Bertz CT molecular complexity index is 482. The lowest BCUT2D eigenvalue weighted by molar-refractivity contribution is 0.175. The van der Waals surface area contributed by atoms with Crippen LogP contribution in [0.4, 0.5) is 5.69 Å². The molecule has 0 saturated heterocycles. The maximum atomic E-state index is 9.98. The Morgan fingerprint density at radius 3 is 2.24 bits per heavy atom. The quantitative estimate of drug-likeness (QED) is 0.565. The number of nitrogen functional groups attached to an aromatic ring is 1. The molecule has 2 aromatic carbocycles. The molecular formula is C18H26N2O. The van der Waals surface area contributed by atoms with E-state index in [-0.39, 0.29) is 0 Å². The molecule has 2 rings (SSSR count). The van der Waals surface area contributed by atoms with E-state index in [9.17, 15) is 5.11 Å². The van der Waals surface area contributed by atoms with Crippen molar-refractivity contribution in [1.82, 2.24) is 5.32 Å². The van der Waals surface area contributed by atoms with Gasteiger partial charge >= 0.3 is 0 Å². The van der Waals surface area contributed by atoms with E-state index in [1.54, 1.807) is 0 Å². The monoisotopic (exact) mass is 286 g/mol. The summed E-state index contributed by atoms with van der Waals surface area (Å²) in [4.78, 5) is 0. The summed E-state index contributed by atoms with van der Waals surface area (Å²) in [6.07, 6.45) is 0.481. The predicted molar refractivity (Wildman–Crippen MR) is 90.2 cm³/mol. The molecule has 1 atom stereocenters. The van der Waals surface area contributed by atoms with Crippen LogP contribution in [0.2, 0.25) is 0 Å². The van der Waals surface area contributed by atoms with Crippen LogP contribution in [0.15, 0.2) is 54.6 Å². The highest BCUT2D eigenvalue weighted by Gasteiger charge is 2.05. The summed E-state index contributed by atoms with van der Waals surface area (Å²) in [6.45, 7) is 5.41. The molecule has 0 amide bonds. The van der Waals surface area contributed by atoms with E-state index in [2.05, 4.69) is 5.32 Å². The van der Waals surface area contributed by atoms with Crippen LogP contribution in [0.1, 0.15) is 31.1 Å². The molecule has 0 saturated carbocycles. The maximum absolute atomic E-state index is 9.98. The Morgan fingerprint density at radius 2 is 1.62 bits per heavy atom. The highest BCUT2D eigenvalue weighted by molar-refractivity contribution is 5.39. The number of aliphatic hydroxyl groups excluding tert-OH is 1. The van der Waals surface area contributed by atoms with Crippen molar-refractivity contribution in [1.29, 1.82) is 0 Å². The van der Waals surface area contributed by atoms with Crippen LogP contribution in [0.3, 0.4) is 0 Å². The number of rotatable bonds is 6. The van der Waals surface area contributed by atoms with Crippen molar-refractivity contribution >= 4 is 5.69 Å². The van der Waals surface area contributed by atoms with E-state index in [1.165, 1.54) is 5.56 Å². The van der Waals surface area contributed by atoms with Crippen molar-refractivity contribution in [3.8, 4) is 0 Å². The molecule has 0 aromatic heterocycles. The third-order valence-electron chi connectivity index (χ3n) is 3.09. The molecule has 0 aliphatic carbocycles. The average Bonchev–Trinajstić information content (AvgIpc) is 2.56. The normalized spacial score (nSPS) is 11.4. The van der Waals surface area contributed by atoms with Crippen LogP contribution >= 0.6 is 0 Å². The van der Waals surface area contributed by atoms with Crippen LogP contribution in [0.5, 0.6) is 0 Å². The second kappa shape index (κ2) is 9.97. The zero-order valence-corrected chi connectivity index (χ0v) is 12.9. The van der Waals surface area contributed by atoms with Crippen LogP contribution < -0.4 is 11.1 Å². The van der Waals surface area contributed by atoms with E-state index in [0.717, 1.165) is 24.2 Å². The van der Waals surface area contributed by atoms with Gasteiger partial charge in [-0.1, -0.05) is 56.3 Å². The van der Waals surface area contributed by atoms with Crippen molar-refractivity contribution in [2.24, 2.45) is 0 Å². The topological polar surface area (TPSA) is 58.3 Å². The zero-order chi connectivity index (χ0) is 15.5. The lowest BCUT2D eigenvalue weighted by atomic mass is 10.1. The maximum Gasteiger partial charge on any atom is 0.0914 e. The molecule has 0 bridgehead atoms. The largest absolute Gasteiger partial charge is 0.399 e. The molecule has 21 heavy (non-hydrogen) atoms. The fraction of sp³-hybridized carbons (Fsp3) is 0.333. The van der Waals surface area contributed by atoms with Gasteiger partial charge in [-0.2, -0.15) is 0 Å². The van der Waals surface area contributed by atoms with Crippen LogP contribution in [-0.4, -0.2) is 18.2 Å². The van der Waals surface area contributed by atoms with Crippen molar-refractivity contribution in [2.75, 3.05) is 18.8 Å². The van der Waals surface area contributed by atoms with Gasteiger partial charge < -0.3 is 16.2 Å². The SMILES string of the molecule is CC.Nc1ccc(CCNC[C@H](O)c2ccccc2)cc1. The molecule has 4 N–H and O–H groups in total. The van der Waals surface area contributed by atoms with Gasteiger partial charge in [-0.05, 0) is 36.2 Å². The molecule has 3 heteroatoms. The predicted octanol–water partition coefficient (Wildman–Crippen LogP) is 3.16. The summed E-state index contributed by atoms with van der Waals surface area (Å²) >= 11 is 0. The molecule has 0 spiro atoms. The average molecular weight is 286 g/mol. The first-order valence-electron chi connectivity index (χ1n) is 7.54. The molecule has 0 aliphatic rings.